The molecule has 180 valence electrons. The summed E-state index contributed by atoms with van der Waals surface area (Å²) in [6.45, 7) is 4.54. The standard InChI is InChI=1S/C26H30ClN3O3S/c1-4-26(25(32)28-18-8-6-5-7-16(18)2)15-29-19-11-12-34-23(19)14-21(29)24(31)30(26)20-13-17(27)9-10-22(20)33-3/h9-14,16,18H,4-8,15H2,1-3H3,(H,28,32). The van der Waals surface area contributed by atoms with E-state index in [1.807, 2.05) is 29.0 Å². The molecule has 1 N–H and O–H groups in total. The molecule has 2 aliphatic rings. The van der Waals surface area contributed by atoms with Gasteiger partial charge in [0.2, 0.25) is 5.91 Å². The van der Waals surface area contributed by atoms with Gasteiger partial charge in [-0.1, -0.05) is 38.3 Å². The van der Waals surface area contributed by atoms with E-state index in [0.29, 0.717) is 41.0 Å². The number of carbonyl (C=O) groups excluding carboxylic acids is 2. The number of hydrogen-bond acceptors (Lipinski definition) is 4. The van der Waals surface area contributed by atoms with Crippen molar-refractivity contribution in [1.29, 1.82) is 0 Å². The molecule has 1 fully saturated rings. The molecule has 8 heteroatoms. The first-order valence-corrected chi connectivity index (χ1v) is 13.2. The smallest absolute Gasteiger partial charge is 0.276 e. The van der Waals surface area contributed by atoms with Crippen LogP contribution in [0.15, 0.2) is 35.7 Å². The monoisotopic (exact) mass is 499 g/mol. The molecule has 0 radical (unpaired) electrons. The normalized spacial score (nSPS) is 24.8. The molecule has 0 spiro atoms. The van der Waals surface area contributed by atoms with E-state index >= 15 is 0 Å². The average molecular weight is 500 g/mol. The molecule has 3 atom stereocenters. The van der Waals surface area contributed by atoms with Crippen molar-refractivity contribution in [2.45, 2.75) is 64.1 Å². The summed E-state index contributed by atoms with van der Waals surface area (Å²) in [7, 11) is 1.57. The summed E-state index contributed by atoms with van der Waals surface area (Å²) in [6, 6.07) is 9.25. The molecule has 6 nitrogen and oxygen atoms in total. The maximum Gasteiger partial charge on any atom is 0.276 e. The van der Waals surface area contributed by atoms with E-state index in [4.69, 9.17) is 16.3 Å². The number of nitrogens with zero attached hydrogens (tertiary/aromatic N) is 2. The lowest BCUT2D eigenvalue weighted by Crippen LogP contribution is -2.67. The number of rotatable bonds is 5. The molecule has 3 unspecified atom stereocenters. The number of amides is 2. The third kappa shape index (κ3) is 3.60. The van der Waals surface area contributed by atoms with Crippen molar-refractivity contribution in [3.8, 4) is 5.75 Å². The number of halogens is 1. The molecule has 3 aromatic rings. The average Bonchev–Trinajstić information content (AvgIpc) is 3.42. The predicted molar refractivity (Wildman–Crippen MR) is 137 cm³/mol. The molecular formula is C26H30ClN3O3S. The first-order chi connectivity index (χ1) is 16.4. The zero-order chi connectivity index (χ0) is 24.0. The molecule has 1 aliphatic carbocycles. The number of anilines is 1. The second-order valence-corrected chi connectivity index (χ2v) is 10.9. The van der Waals surface area contributed by atoms with E-state index in [0.717, 1.165) is 29.5 Å². The Bertz CT molecular complexity index is 1250. The highest BCUT2D eigenvalue weighted by Gasteiger charge is 2.52. The minimum Gasteiger partial charge on any atom is -0.495 e. The largest absolute Gasteiger partial charge is 0.495 e. The Morgan fingerprint density at radius 3 is 2.79 bits per heavy atom. The number of hydrogen-bond donors (Lipinski definition) is 1. The van der Waals surface area contributed by atoms with Crippen molar-refractivity contribution in [1.82, 2.24) is 9.88 Å². The van der Waals surface area contributed by atoms with E-state index < -0.39 is 5.54 Å². The van der Waals surface area contributed by atoms with Crippen LogP contribution in [0.2, 0.25) is 5.02 Å². The first kappa shape index (κ1) is 23.2. The minimum atomic E-state index is -1.12. The molecule has 0 saturated heterocycles. The van der Waals surface area contributed by atoms with Crippen LogP contribution in [0.1, 0.15) is 56.4 Å². The third-order valence-electron chi connectivity index (χ3n) is 7.61. The predicted octanol–water partition coefficient (Wildman–Crippen LogP) is 5.87. The number of fused-ring (bicyclic) bond motifs is 3. The highest BCUT2D eigenvalue weighted by Crippen LogP contribution is 2.43. The number of benzene rings is 1. The van der Waals surface area contributed by atoms with Gasteiger partial charge in [0.25, 0.3) is 5.91 Å². The fraction of sp³-hybridized carbons (Fsp3) is 0.462. The maximum atomic E-state index is 14.2. The van der Waals surface area contributed by atoms with Crippen molar-refractivity contribution in [2.24, 2.45) is 5.92 Å². The minimum absolute atomic E-state index is 0.107. The molecule has 1 aromatic carbocycles. The van der Waals surface area contributed by atoms with Gasteiger partial charge < -0.3 is 14.6 Å². The zero-order valence-electron chi connectivity index (χ0n) is 19.8. The number of nitrogens with one attached hydrogen (secondary N) is 1. The number of carbonyl (C=O) groups is 2. The summed E-state index contributed by atoms with van der Waals surface area (Å²) in [5.74, 6) is 0.581. The van der Waals surface area contributed by atoms with Gasteiger partial charge >= 0.3 is 0 Å². The van der Waals surface area contributed by atoms with Crippen LogP contribution >= 0.6 is 22.9 Å². The van der Waals surface area contributed by atoms with Gasteiger partial charge in [0.05, 0.1) is 29.6 Å². The van der Waals surface area contributed by atoms with Crippen molar-refractivity contribution in [3.05, 3.63) is 46.4 Å². The lowest BCUT2D eigenvalue weighted by Gasteiger charge is -2.47. The molecule has 34 heavy (non-hydrogen) atoms. The fourth-order valence-electron chi connectivity index (χ4n) is 5.58. The van der Waals surface area contributed by atoms with Crippen molar-refractivity contribution in [3.63, 3.8) is 0 Å². The van der Waals surface area contributed by atoms with Gasteiger partial charge in [0.15, 0.2) is 0 Å². The summed E-state index contributed by atoms with van der Waals surface area (Å²) in [4.78, 5) is 30.0. The Labute approximate surface area is 208 Å². The Kier molecular flexibility index (Phi) is 6.10. The molecule has 2 aromatic heterocycles. The van der Waals surface area contributed by atoms with Crippen LogP contribution in [0.5, 0.6) is 5.75 Å². The Morgan fingerprint density at radius 1 is 1.26 bits per heavy atom. The summed E-state index contributed by atoms with van der Waals surface area (Å²) in [6.07, 6.45) is 4.82. The molecule has 2 amide bonds. The quantitative estimate of drug-likeness (QED) is 0.477. The van der Waals surface area contributed by atoms with Crippen LogP contribution in [0, 0.1) is 5.92 Å². The van der Waals surface area contributed by atoms with Gasteiger partial charge in [-0.2, -0.15) is 0 Å². The number of ether oxygens (including phenoxy) is 1. The van der Waals surface area contributed by atoms with Crippen LogP contribution in [0.25, 0.3) is 10.2 Å². The number of thiophene rings is 1. The van der Waals surface area contributed by atoms with Gasteiger partial charge in [-0.3, -0.25) is 14.5 Å². The molecule has 3 heterocycles. The van der Waals surface area contributed by atoms with Crippen LogP contribution in [-0.4, -0.2) is 35.1 Å². The molecule has 0 bridgehead atoms. The van der Waals surface area contributed by atoms with Crippen molar-refractivity contribution >= 4 is 50.7 Å². The summed E-state index contributed by atoms with van der Waals surface area (Å²) < 4.78 is 8.68. The Morgan fingerprint density at radius 2 is 2.06 bits per heavy atom. The first-order valence-electron chi connectivity index (χ1n) is 12.0. The zero-order valence-corrected chi connectivity index (χ0v) is 21.3. The van der Waals surface area contributed by atoms with Gasteiger partial charge in [0, 0.05) is 11.1 Å². The summed E-state index contributed by atoms with van der Waals surface area (Å²) in [5, 5.41) is 5.85. The van der Waals surface area contributed by atoms with E-state index in [2.05, 4.69) is 12.2 Å². The van der Waals surface area contributed by atoms with E-state index in [9.17, 15) is 9.59 Å². The van der Waals surface area contributed by atoms with Gasteiger partial charge in [-0.25, -0.2) is 0 Å². The summed E-state index contributed by atoms with van der Waals surface area (Å²) in [5.41, 5.74) is 0.964. The Balaban J connectivity index is 1.67. The van der Waals surface area contributed by atoms with E-state index in [1.54, 1.807) is 41.5 Å². The van der Waals surface area contributed by atoms with Crippen molar-refractivity contribution < 1.29 is 14.3 Å². The number of methoxy groups -OCH3 is 1. The number of aromatic nitrogens is 1. The van der Waals surface area contributed by atoms with Crippen molar-refractivity contribution in [2.75, 3.05) is 12.0 Å². The Hall–Kier alpha value is -2.51. The molecular weight excluding hydrogens is 470 g/mol. The van der Waals surface area contributed by atoms with Crippen LogP contribution in [0.4, 0.5) is 5.69 Å². The third-order valence-corrected chi connectivity index (χ3v) is 8.70. The molecule has 1 saturated carbocycles. The fourth-order valence-corrected chi connectivity index (χ4v) is 6.57. The molecule has 1 aliphatic heterocycles. The van der Waals surface area contributed by atoms with E-state index in [1.165, 1.54) is 6.42 Å². The second kappa shape index (κ2) is 8.93. The topological polar surface area (TPSA) is 63.6 Å². The van der Waals surface area contributed by atoms with Gasteiger partial charge in [-0.15, -0.1) is 11.3 Å². The maximum absolute atomic E-state index is 14.2. The highest BCUT2D eigenvalue weighted by molar-refractivity contribution is 7.17. The van der Waals surface area contributed by atoms with Crippen LogP contribution < -0.4 is 15.0 Å². The second-order valence-electron chi connectivity index (χ2n) is 9.47. The van der Waals surface area contributed by atoms with Gasteiger partial charge in [0.1, 0.15) is 17.0 Å². The van der Waals surface area contributed by atoms with E-state index in [-0.39, 0.29) is 17.9 Å². The lowest BCUT2D eigenvalue weighted by molar-refractivity contribution is -0.128. The SMILES string of the molecule is CCC1(C(=O)NC2CCCCC2C)Cn2c(cc3sccc32)C(=O)N1c1cc(Cl)ccc1OC. The van der Waals surface area contributed by atoms with Gasteiger partial charge in [-0.05, 0) is 60.9 Å². The van der Waals surface area contributed by atoms with Crippen LogP contribution in [0.3, 0.4) is 0 Å². The molecule has 5 rings (SSSR count). The highest BCUT2D eigenvalue weighted by atomic mass is 35.5. The lowest BCUT2D eigenvalue weighted by atomic mass is 9.83. The summed E-state index contributed by atoms with van der Waals surface area (Å²) >= 11 is 7.98. The van der Waals surface area contributed by atoms with Crippen LogP contribution in [-0.2, 0) is 11.3 Å².